The molecule has 0 saturated heterocycles. The lowest BCUT2D eigenvalue weighted by Gasteiger charge is -1.99. The zero-order valence-electron chi connectivity index (χ0n) is 8.11. The van der Waals surface area contributed by atoms with Gasteiger partial charge < -0.3 is 5.32 Å². The molecule has 0 radical (unpaired) electrons. The zero-order valence-corrected chi connectivity index (χ0v) is 8.93. The SMILES string of the molecule is CN=CN=C(N/C=C/[N+](=O)[O-])S(C)(=O)=O. The molecule has 0 rings (SSSR count). The lowest BCUT2D eigenvalue weighted by Crippen LogP contribution is -2.26. The Bertz CT molecular complexity index is 409. The highest BCUT2D eigenvalue weighted by molar-refractivity contribution is 8.05. The van der Waals surface area contributed by atoms with Gasteiger partial charge in [0.1, 0.15) is 6.34 Å². The Labute approximate surface area is 86.5 Å². The highest BCUT2D eigenvalue weighted by Crippen LogP contribution is 1.86. The lowest BCUT2D eigenvalue weighted by molar-refractivity contribution is -0.402. The average molecular weight is 234 g/mol. The van der Waals surface area contributed by atoms with E-state index < -0.39 is 19.9 Å². The van der Waals surface area contributed by atoms with Crippen molar-refractivity contribution in [1.29, 1.82) is 0 Å². The predicted molar refractivity (Wildman–Crippen MR) is 56.0 cm³/mol. The molecule has 0 aliphatic carbocycles. The molecule has 0 atom stereocenters. The fraction of sp³-hybridized carbons (Fsp3) is 0.333. The summed E-state index contributed by atoms with van der Waals surface area (Å²) in [5.74, 6) is 0. The molecule has 8 nitrogen and oxygen atoms in total. The van der Waals surface area contributed by atoms with E-state index >= 15 is 0 Å². The maximum atomic E-state index is 11.1. The summed E-state index contributed by atoms with van der Waals surface area (Å²) < 4.78 is 22.1. The van der Waals surface area contributed by atoms with Gasteiger partial charge in [-0.3, -0.25) is 15.1 Å². The summed E-state index contributed by atoms with van der Waals surface area (Å²) >= 11 is 0. The first-order valence-electron chi connectivity index (χ1n) is 3.63. The average Bonchev–Trinajstić information content (AvgIpc) is 2.08. The number of nitro groups is 1. The molecule has 0 saturated carbocycles. The van der Waals surface area contributed by atoms with E-state index in [1.807, 2.05) is 0 Å². The van der Waals surface area contributed by atoms with Crippen LogP contribution in [0.15, 0.2) is 22.4 Å². The van der Waals surface area contributed by atoms with Crippen molar-refractivity contribution in [3.8, 4) is 0 Å². The number of hydrogen-bond donors (Lipinski definition) is 1. The van der Waals surface area contributed by atoms with Crippen LogP contribution in [-0.2, 0) is 9.84 Å². The molecule has 0 unspecified atom stereocenters. The van der Waals surface area contributed by atoms with Crippen LogP contribution >= 0.6 is 0 Å². The molecule has 0 aromatic heterocycles. The molecule has 0 aromatic rings. The van der Waals surface area contributed by atoms with Gasteiger partial charge in [-0.15, -0.1) is 0 Å². The second-order valence-electron chi connectivity index (χ2n) is 2.33. The van der Waals surface area contributed by atoms with Crippen LogP contribution in [0, 0.1) is 10.1 Å². The van der Waals surface area contributed by atoms with E-state index in [2.05, 4.69) is 15.3 Å². The standard InChI is InChI=1S/C6H10N4O4S/c1-7-5-9-6(15(2,13)14)8-3-4-10(11)12/h3-5H,1-2H3,(H,7,8,9)/b4-3+. The Morgan fingerprint density at radius 3 is 2.53 bits per heavy atom. The third-order valence-corrected chi connectivity index (χ3v) is 1.97. The smallest absolute Gasteiger partial charge is 0.250 e. The maximum Gasteiger partial charge on any atom is 0.250 e. The van der Waals surface area contributed by atoms with Crippen molar-refractivity contribution >= 4 is 21.3 Å². The molecule has 0 heterocycles. The molecule has 0 amide bonds. The minimum absolute atomic E-state index is 0.411. The molecule has 0 bridgehead atoms. The molecule has 0 spiro atoms. The number of nitrogens with zero attached hydrogens (tertiary/aromatic N) is 3. The van der Waals surface area contributed by atoms with Gasteiger partial charge in [0.05, 0.1) is 11.1 Å². The van der Waals surface area contributed by atoms with E-state index in [0.717, 1.165) is 18.8 Å². The molecule has 0 aliphatic heterocycles. The first-order chi connectivity index (χ1) is 6.88. The van der Waals surface area contributed by atoms with Crippen molar-refractivity contribution in [3.63, 3.8) is 0 Å². The number of aliphatic imine (C=N–C) groups is 2. The first kappa shape index (κ1) is 13.2. The van der Waals surface area contributed by atoms with Gasteiger partial charge in [0, 0.05) is 13.3 Å². The second-order valence-corrected chi connectivity index (χ2v) is 4.26. The summed E-state index contributed by atoms with van der Waals surface area (Å²) in [5, 5.41) is 11.7. The van der Waals surface area contributed by atoms with Crippen LogP contribution in [0.5, 0.6) is 0 Å². The monoisotopic (exact) mass is 234 g/mol. The molecule has 1 N–H and O–H groups in total. The molecule has 9 heteroatoms. The highest BCUT2D eigenvalue weighted by Gasteiger charge is 2.10. The fourth-order valence-corrected chi connectivity index (χ4v) is 1.04. The van der Waals surface area contributed by atoms with Gasteiger partial charge in [-0.2, -0.15) is 0 Å². The van der Waals surface area contributed by atoms with Gasteiger partial charge in [0.25, 0.3) is 0 Å². The van der Waals surface area contributed by atoms with Crippen molar-refractivity contribution in [1.82, 2.24) is 5.32 Å². The molecule has 15 heavy (non-hydrogen) atoms. The summed E-state index contributed by atoms with van der Waals surface area (Å²) in [4.78, 5) is 16.1. The number of nitrogens with one attached hydrogen (secondary N) is 1. The summed E-state index contributed by atoms with van der Waals surface area (Å²) in [6.45, 7) is 0. The quantitative estimate of drug-likeness (QED) is 0.302. The summed E-state index contributed by atoms with van der Waals surface area (Å²) in [5.41, 5.74) is 0. The van der Waals surface area contributed by atoms with Crippen molar-refractivity contribution in [2.24, 2.45) is 9.98 Å². The van der Waals surface area contributed by atoms with Crippen LogP contribution in [0.2, 0.25) is 0 Å². The van der Waals surface area contributed by atoms with Gasteiger partial charge in [0.2, 0.25) is 21.2 Å². The lowest BCUT2D eigenvalue weighted by atomic mass is 10.9. The minimum atomic E-state index is -3.56. The van der Waals surface area contributed by atoms with Crippen LogP contribution in [0.1, 0.15) is 0 Å². The summed E-state index contributed by atoms with van der Waals surface area (Å²) in [6.07, 6.45) is 3.36. The van der Waals surface area contributed by atoms with Crippen molar-refractivity contribution in [2.75, 3.05) is 13.3 Å². The van der Waals surface area contributed by atoms with Crippen molar-refractivity contribution in [3.05, 3.63) is 22.5 Å². The maximum absolute atomic E-state index is 11.1. The Kier molecular flexibility index (Phi) is 5.16. The second kappa shape index (κ2) is 5.86. The van der Waals surface area contributed by atoms with E-state index in [1.165, 1.54) is 7.05 Å². The third kappa shape index (κ3) is 6.32. The van der Waals surface area contributed by atoms with Gasteiger partial charge in [-0.25, -0.2) is 13.4 Å². The molecule has 0 fully saturated rings. The van der Waals surface area contributed by atoms with E-state index in [-0.39, 0.29) is 0 Å². The van der Waals surface area contributed by atoms with Gasteiger partial charge >= 0.3 is 0 Å². The van der Waals surface area contributed by atoms with Crippen molar-refractivity contribution in [2.45, 2.75) is 0 Å². The van der Waals surface area contributed by atoms with Crippen LogP contribution in [0.4, 0.5) is 0 Å². The first-order valence-corrected chi connectivity index (χ1v) is 5.52. The summed E-state index contributed by atoms with van der Waals surface area (Å²) in [7, 11) is -2.15. The van der Waals surface area contributed by atoms with Crippen LogP contribution in [0.25, 0.3) is 0 Å². The Balaban J connectivity index is 4.77. The highest BCUT2D eigenvalue weighted by atomic mass is 32.2. The number of hydrogen-bond acceptors (Lipinski definition) is 5. The third-order valence-electron chi connectivity index (χ3n) is 1.04. The largest absolute Gasteiger partial charge is 0.331 e. The van der Waals surface area contributed by atoms with E-state index in [9.17, 15) is 18.5 Å². The number of rotatable bonds is 3. The Hall–Kier alpha value is -1.77. The van der Waals surface area contributed by atoms with Crippen LogP contribution in [0.3, 0.4) is 0 Å². The summed E-state index contributed by atoms with van der Waals surface area (Å²) in [6, 6.07) is 0. The predicted octanol–water partition coefficient (Wildman–Crippen LogP) is -0.617. The number of amidine groups is 1. The van der Waals surface area contributed by atoms with Crippen LogP contribution < -0.4 is 5.32 Å². The fourth-order valence-electron chi connectivity index (χ4n) is 0.520. The van der Waals surface area contributed by atoms with Gasteiger partial charge in [-0.1, -0.05) is 0 Å². The number of sulfone groups is 1. The minimum Gasteiger partial charge on any atom is -0.331 e. The Morgan fingerprint density at radius 1 is 1.53 bits per heavy atom. The molecule has 0 aromatic carbocycles. The van der Waals surface area contributed by atoms with E-state index in [4.69, 9.17) is 0 Å². The van der Waals surface area contributed by atoms with E-state index in [0.29, 0.717) is 6.20 Å². The topological polar surface area (TPSA) is 114 Å². The zero-order chi connectivity index (χ0) is 11.9. The molecular weight excluding hydrogens is 224 g/mol. The Morgan fingerprint density at radius 2 is 2.13 bits per heavy atom. The van der Waals surface area contributed by atoms with Gasteiger partial charge in [0.15, 0.2) is 0 Å². The van der Waals surface area contributed by atoms with Gasteiger partial charge in [-0.05, 0) is 0 Å². The van der Waals surface area contributed by atoms with Crippen LogP contribution in [-0.4, -0.2) is 38.2 Å². The normalized spacial score (nSPS) is 13.6. The van der Waals surface area contributed by atoms with Crippen molar-refractivity contribution < 1.29 is 13.3 Å². The molecule has 84 valence electrons. The molecular formula is C6H10N4O4S. The van der Waals surface area contributed by atoms with E-state index in [1.54, 1.807) is 0 Å². The molecule has 0 aliphatic rings.